The highest BCUT2D eigenvalue weighted by molar-refractivity contribution is 8.00. The third-order valence-electron chi connectivity index (χ3n) is 4.23. The molecule has 2 aromatic carbocycles. The summed E-state index contributed by atoms with van der Waals surface area (Å²) in [4.78, 5) is 12.6. The van der Waals surface area contributed by atoms with Crippen LogP contribution in [0.25, 0.3) is 11.4 Å². The molecule has 0 saturated carbocycles. The molecule has 1 atom stereocenters. The SMILES string of the molecule is Cc1ccc(NC(=O)[C@H](C)Sc2nnc(-c3ccc(Cl)cc3)n2C)c(C)c1. The second-order valence-electron chi connectivity index (χ2n) is 6.44. The Morgan fingerprint density at radius 2 is 1.85 bits per heavy atom. The van der Waals surface area contributed by atoms with Crippen molar-refractivity contribution in [2.75, 3.05) is 5.32 Å². The fraction of sp³-hybridized carbons (Fsp3) is 0.250. The van der Waals surface area contributed by atoms with E-state index in [0.29, 0.717) is 10.2 Å². The van der Waals surface area contributed by atoms with Gasteiger partial charge in [-0.3, -0.25) is 4.79 Å². The van der Waals surface area contributed by atoms with E-state index in [-0.39, 0.29) is 11.2 Å². The number of rotatable bonds is 5. The Bertz CT molecular complexity index is 969. The summed E-state index contributed by atoms with van der Waals surface area (Å²) >= 11 is 7.32. The lowest BCUT2D eigenvalue weighted by atomic mass is 10.1. The summed E-state index contributed by atoms with van der Waals surface area (Å²) in [6, 6.07) is 13.4. The molecule has 5 nitrogen and oxygen atoms in total. The van der Waals surface area contributed by atoms with Crippen LogP contribution in [0.15, 0.2) is 47.6 Å². The molecule has 0 aliphatic carbocycles. The first kappa shape index (κ1) is 19.5. The van der Waals surface area contributed by atoms with Crippen molar-refractivity contribution in [2.45, 2.75) is 31.2 Å². The second kappa shape index (κ2) is 8.15. The molecular weight excluding hydrogens is 380 g/mol. The maximum Gasteiger partial charge on any atom is 0.237 e. The molecule has 7 heteroatoms. The number of hydrogen-bond donors (Lipinski definition) is 1. The molecule has 0 bridgehead atoms. The topological polar surface area (TPSA) is 59.8 Å². The van der Waals surface area contributed by atoms with E-state index >= 15 is 0 Å². The Balaban J connectivity index is 1.71. The quantitative estimate of drug-likeness (QED) is 0.620. The number of anilines is 1. The number of carbonyl (C=O) groups is 1. The van der Waals surface area contributed by atoms with Gasteiger partial charge in [-0.05, 0) is 56.7 Å². The van der Waals surface area contributed by atoms with Crippen molar-refractivity contribution in [3.05, 3.63) is 58.6 Å². The summed E-state index contributed by atoms with van der Waals surface area (Å²) in [6.07, 6.45) is 0. The van der Waals surface area contributed by atoms with Crippen LogP contribution < -0.4 is 5.32 Å². The molecule has 0 saturated heterocycles. The van der Waals surface area contributed by atoms with Crippen LogP contribution in [0, 0.1) is 13.8 Å². The van der Waals surface area contributed by atoms with Gasteiger partial charge in [0.1, 0.15) is 0 Å². The normalized spacial score (nSPS) is 12.0. The molecule has 1 N–H and O–H groups in total. The molecule has 0 spiro atoms. The molecule has 1 heterocycles. The van der Waals surface area contributed by atoms with Gasteiger partial charge in [0.25, 0.3) is 0 Å². The number of aromatic nitrogens is 3. The van der Waals surface area contributed by atoms with Gasteiger partial charge in [-0.1, -0.05) is 41.1 Å². The summed E-state index contributed by atoms with van der Waals surface area (Å²) in [5.41, 5.74) is 3.97. The van der Waals surface area contributed by atoms with Crippen LogP contribution in [0.2, 0.25) is 5.02 Å². The summed E-state index contributed by atoms with van der Waals surface area (Å²) in [7, 11) is 1.89. The van der Waals surface area contributed by atoms with E-state index < -0.39 is 0 Å². The smallest absolute Gasteiger partial charge is 0.237 e. The van der Waals surface area contributed by atoms with Crippen LogP contribution in [-0.2, 0) is 11.8 Å². The third kappa shape index (κ3) is 4.51. The predicted octanol–water partition coefficient (Wildman–Crippen LogP) is 4.87. The minimum Gasteiger partial charge on any atom is -0.325 e. The highest BCUT2D eigenvalue weighted by Gasteiger charge is 2.20. The Labute approximate surface area is 168 Å². The molecule has 1 aromatic heterocycles. The molecule has 0 aliphatic heterocycles. The van der Waals surface area contributed by atoms with Crippen molar-refractivity contribution in [3.63, 3.8) is 0 Å². The molecule has 0 unspecified atom stereocenters. The molecule has 1 amide bonds. The van der Waals surface area contributed by atoms with E-state index in [1.54, 1.807) is 0 Å². The van der Waals surface area contributed by atoms with Crippen molar-refractivity contribution in [2.24, 2.45) is 7.05 Å². The lowest BCUT2D eigenvalue weighted by Crippen LogP contribution is -2.23. The fourth-order valence-electron chi connectivity index (χ4n) is 2.67. The van der Waals surface area contributed by atoms with Gasteiger partial charge in [-0.2, -0.15) is 0 Å². The van der Waals surface area contributed by atoms with Crippen LogP contribution in [0.5, 0.6) is 0 Å². The summed E-state index contributed by atoms with van der Waals surface area (Å²) in [5.74, 6) is 0.666. The van der Waals surface area contributed by atoms with Crippen molar-refractivity contribution < 1.29 is 4.79 Å². The molecule has 3 rings (SSSR count). The van der Waals surface area contributed by atoms with Gasteiger partial charge in [-0.15, -0.1) is 10.2 Å². The van der Waals surface area contributed by atoms with Crippen molar-refractivity contribution in [3.8, 4) is 11.4 Å². The molecule has 0 fully saturated rings. The first-order valence-electron chi connectivity index (χ1n) is 8.55. The average Bonchev–Trinajstić information content (AvgIpc) is 2.98. The van der Waals surface area contributed by atoms with Gasteiger partial charge in [0.2, 0.25) is 5.91 Å². The van der Waals surface area contributed by atoms with E-state index in [2.05, 4.69) is 21.6 Å². The number of halogens is 1. The van der Waals surface area contributed by atoms with E-state index in [9.17, 15) is 4.79 Å². The van der Waals surface area contributed by atoms with Gasteiger partial charge in [0.15, 0.2) is 11.0 Å². The first-order valence-corrected chi connectivity index (χ1v) is 9.81. The highest BCUT2D eigenvalue weighted by atomic mass is 35.5. The van der Waals surface area contributed by atoms with Gasteiger partial charge in [0, 0.05) is 23.3 Å². The van der Waals surface area contributed by atoms with Gasteiger partial charge >= 0.3 is 0 Å². The summed E-state index contributed by atoms with van der Waals surface area (Å²) in [6.45, 7) is 5.88. The van der Waals surface area contributed by atoms with Crippen molar-refractivity contribution in [1.82, 2.24) is 14.8 Å². The standard InChI is InChI=1S/C20H21ClN4OS/c1-12-5-10-17(13(2)11-12)22-19(26)14(3)27-20-24-23-18(25(20)4)15-6-8-16(21)9-7-15/h5-11,14H,1-4H3,(H,22,26)/t14-/m0/s1. The largest absolute Gasteiger partial charge is 0.325 e. The van der Waals surface area contributed by atoms with Crippen LogP contribution in [0.3, 0.4) is 0 Å². The lowest BCUT2D eigenvalue weighted by molar-refractivity contribution is -0.115. The zero-order valence-electron chi connectivity index (χ0n) is 15.7. The molecule has 27 heavy (non-hydrogen) atoms. The van der Waals surface area contributed by atoms with Gasteiger partial charge < -0.3 is 9.88 Å². The van der Waals surface area contributed by atoms with Gasteiger partial charge in [0.05, 0.1) is 5.25 Å². The monoisotopic (exact) mass is 400 g/mol. The van der Waals surface area contributed by atoms with Crippen molar-refractivity contribution >= 4 is 35.0 Å². The fourth-order valence-corrected chi connectivity index (χ4v) is 3.61. The zero-order valence-corrected chi connectivity index (χ0v) is 17.2. The number of benzene rings is 2. The molecule has 0 radical (unpaired) electrons. The number of amides is 1. The number of aryl methyl sites for hydroxylation is 2. The van der Waals surface area contributed by atoms with E-state index in [1.807, 2.05) is 68.8 Å². The zero-order chi connectivity index (χ0) is 19.6. The maximum atomic E-state index is 12.6. The number of carbonyl (C=O) groups excluding carboxylic acids is 1. The van der Waals surface area contributed by atoms with Gasteiger partial charge in [-0.25, -0.2) is 0 Å². The highest BCUT2D eigenvalue weighted by Crippen LogP contribution is 2.27. The number of nitrogens with one attached hydrogen (secondary N) is 1. The van der Waals surface area contributed by atoms with E-state index in [0.717, 1.165) is 22.6 Å². The van der Waals surface area contributed by atoms with Crippen LogP contribution in [0.4, 0.5) is 5.69 Å². The average molecular weight is 401 g/mol. The molecule has 0 aliphatic rings. The maximum absolute atomic E-state index is 12.6. The Hall–Kier alpha value is -2.31. The first-order chi connectivity index (χ1) is 12.8. The van der Waals surface area contributed by atoms with Crippen LogP contribution >= 0.6 is 23.4 Å². The third-order valence-corrected chi connectivity index (χ3v) is 5.61. The minimum absolute atomic E-state index is 0.0667. The summed E-state index contributed by atoms with van der Waals surface area (Å²) < 4.78 is 1.88. The Morgan fingerprint density at radius 3 is 2.52 bits per heavy atom. The Morgan fingerprint density at radius 1 is 1.15 bits per heavy atom. The Kier molecular flexibility index (Phi) is 5.87. The number of hydrogen-bond acceptors (Lipinski definition) is 4. The predicted molar refractivity (Wildman–Crippen MR) is 111 cm³/mol. The van der Waals surface area contributed by atoms with E-state index in [4.69, 9.17) is 11.6 Å². The molecule has 3 aromatic rings. The second-order valence-corrected chi connectivity index (χ2v) is 8.18. The van der Waals surface area contributed by atoms with Crippen molar-refractivity contribution in [1.29, 1.82) is 0 Å². The van der Waals surface area contributed by atoms with Crippen LogP contribution in [-0.4, -0.2) is 25.9 Å². The minimum atomic E-state index is -0.313. The lowest BCUT2D eigenvalue weighted by Gasteiger charge is -2.13. The molecular formula is C20H21ClN4OS. The summed E-state index contributed by atoms with van der Waals surface area (Å²) in [5, 5.41) is 12.5. The number of thioether (sulfide) groups is 1. The van der Waals surface area contributed by atoms with Crippen LogP contribution in [0.1, 0.15) is 18.1 Å². The number of nitrogens with zero attached hydrogens (tertiary/aromatic N) is 3. The molecule has 140 valence electrons. The van der Waals surface area contributed by atoms with E-state index in [1.165, 1.54) is 17.3 Å².